The number of halogens is 2. The van der Waals surface area contributed by atoms with E-state index >= 15 is 0 Å². The molecule has 2 aromatic heterocycles. The van der Waals surface area contributed by atoms with Gasteiger partial charge in [0.2, 0.25) is 0 Å². The molecule has 36 heavy (non-hydrogen) atoms. The Morgan fingerprint density at radius 1 is 1.08 bits per heavy atom. The number of rotatable bonds is 6. The number of aromatic hydroxyl groups is 1. The van der Waals surface area contributed by atoms with E-state index in [9.17, 15) is 14.7 Å². The third-order valence-electron chi connectivity index (χ3n) is 6.16. The van der Waals surface area contributed by atoms with Crippen molar-refractivity contribution in [3.8, 4) is 17.0 Å². The standard InChI is InChI=1S/C26H22Cl2N4O3S/c27-19-9-6-15(11-20(19)28)14-29-26(35)32-22(16-3-1-4-16)13-21(31-32)18-8-7-17(12-23(18)33)30-25(34)24-5-2-10-36-24/h2,5-13,16,33H,1,3-4,14H2,(H,29,35)(H,30,34). The molecule has 7 nitrogen and oxygen atoms in total. The average Bonchev–Trinajstić information content (AvgIpc) is 3.50. The maximum atomic E-state index is 13.1. The second-order valence-corrected chi connectivity index (χ2v) is 10.3. The molecule has 0 saturated heterocycles. The number of aromatic nitrogens is 2. The van der Waals surface area contributed by atoms with Crippen molar-refractivity contribution in [3.63, 3.8) is 0 Å². The first kappa shape index (κ1) is 24.4. The predicted molar refractivity (Wildman–Crippen MR) is 142 cm³/mol. The van der Waals surface area contributed by atoms with Crippen LogP contribution in [0.3, 0.4) is 0 Å². The van der Waals surface area contributed by atoms with Crippen molar-refractivity contribution in [1.29, 1.82) is 0 Å². The second kappa shape index (κ2) is 10.3. The van der Waals surface area contributed by atoms with Crippen molar-refractivity contribution < 1.29 is 14.7 Å². The molecule has 2 heterocycles. The summed E-state index contributed by atoms with van der Waals surface area (Å²) in [5.41, 5.74) is 3.04. The first-order chi connectivity index (χ1) is 17.4. The largest absolute Gasteiger partial charge is 0.507 e. The Bertz CT molecular complexity index is 1430. The Morgan fingerprint density at radius 2 is 1.92 bits per heavy atom. The molecule has 1 aliphatic carbocycles. The predicted octanol–water partition coefficient (Wildman–Crippen LogP) is 6.90. The Labute approximate surface area is 221 Å². The molecule has 3 N–H and O–H groups in total. The van der Waals surface area contributed by atoms with Crippen LogP contribution in [-0.2, 0) is 6.54 Å². The highest BCUT2D eigenvalue weighted by Gasteiger charge is 2.27. The fraction of sp³-hybridized carbons (Fsp3) is 0.192. The van der Waals surface area contributed by atoms with Gasteiger partial charge in [0.15, 0.2) is 0 Å². The van der Waals surface area contributed by atoms with Crippen molar-refractivity contribution in [2.75, 3.05) is 5.32 Å². The van der Waals surface area contributed by atoms with Gasteiger partial charge in [0.05, 0.1) is 26.3 Å². The molecule has 2 amide bonds. The Hall–Kier alpha value is -3.33. The zero-order valence-corrected chi connectivity index (χ0v) is 21.3. The van der Waals surface area contributed by atoms with Crippen molar-refractivity contribution in [3.05, 3.63) is 86.2 Å². The van der Waals surface area contributed by atoms with Crippen LogP contribution >= 0.6 is 34.5 Å². The highest BCUT2D eigenvalue weighted by molar-refractivity contribution is 7.12. The Balaban J connectivity index is 1.36. The summed E-state index contributed by atoms with van der Waals surface area (Å²) in [6, 6.07) is 15.1. The number of amides is 2. The third kappa shape index (κ3) is 5.11. The van der Waals surface area contributed by atoms with E-state index < -0.39 is 0 Å². The maximum absolute atomic E-state index is 13.1. The first-order valence-corrected chi connectivity index (χ1v) is 13.0. The van der Waals surface area contributed by atoms with Gasteiger partial charge in [-0.3, -0.25) is 4.79 Å². The average molecular weight is 541 g/mol. The van der Waals surface area contributed by atoms with Gasteiger partial charge in [0.25, 0.3) is 5.91 Å². The lowest BCUT2D eigenvalue weighted by Gasteiger charge is -2.25. The summed E-state index contributed by atoms with van der Waals surface area (Å²) in [5.74, 6) is -0.0548. The minimum absolute atomic E-state index is 0.0417. The topological polar surface area (TPSA) is 96.3 Å². The van der Waals surface area contributed by atoms with Gasteiger partial charge in [-0.15, -0.1) is 11.3 Å². The second-order valence-electron chi connectivity index (χ2n) is 8.56. The monoisotopic (exact) mass is 540 g/mol. The first-order valence-electron chi connectivity index (χ1n) is 11.4. The number of anilines is 1. The van der Waals surface area contributed by atoms with Crippen LogP contribution in [0.5, 0.6) is 5.75 Å². The normalized spacial score (nSPS) is 13.3. The molecule has 184 valence electrons. The summed E-state index contributed by atoms with van der Waals surface area (Å²) < 4.78 is 1.38. The van der Waals surface area contributed by atoms with Crippen LogP contribution in [0.4, 0.5) is 10.5 Å². The van der Waals surface area contributed by atoms with Crippen molar-refractivity contribution in [2.45, 2.75) is 31.7 Å². The van der Waals surface area contributed by atoms with Crippen LogP contribution in [0, 0.1) is 0 Å². The van der Waals surface area contributed by atoms with Gasteiger partial charge in [0.1, 0.15) is 5.75 Å². The van der Waals surface area contributed by atoms with Crippen molar-refractivity contribution >= 4 is 52.2 Å². The lowest BCUT2D eigenvalue weighted by atomic mass is 9.82. The molecule has 10 heteroatoms. The van der Waals surface area contributed by atoms with E-state index in [2.05, 4.69) is 15.7 Å². The molecule has 2 aromatic carbocycles. The summed E-state index contributed by atoms with van der Waals surface area (Å²) in [4.78, 5) is 26.0. The van der Waals surface area contributed by atoms with Crippen LogP contribution in [0.2, 0.25) is 10.0 Å². The van der Waals surface area contributed by atoms with Gasteiger partial charge in [-0.25, -0.2) is 4.79 Å². The number of hydrogen-bond donors (Lipinski definition) is 3. The molecular weight excluding hydrogens is 519 g/mol. The van der Waals surface area contributed by atoms with Gasteiger partial charge >= 0.3 is 6.03 Å². The van der Waals surface area contributed by atoms with Crippen LogP contribution < -0.4 is 10.6 Å². The van der Waals surface area contributed by atoms with E-state index in [0.717, 1.165) is 30.5 Å². The Kier molecular flexibility index (Phi) is 7.00. The van der Waals surface area contributed by atoms with Crippen LogP contribution in [-0.4, -0.2) is 26.8 Å². The number of carbonyl (C=O) groups excluding carboxylic acids is 2. The maximum Gasteiger partial charge on any atom is 0.342 e. The lowest BCUT2D eigenvalue weighted by molar-refractivity contribution is 0.103. The van der Waals surface area contributed by atoms with Gasteiger partial charge in [-0.05, 0) is 60.2 Å². The van der Waals surface area contributed by atoms with Gasteiger partial charge in [-0.2, -0.15) is 9.78 Å². The van der Waals surface area contributed by atoms with Crippen LogP contribution in [0.25, 0.3) is 11.3 Å². The van der Waals surface area contributed by atoms with Crippen LogP contribution in [0.1, 0.15) is 46.1 Å². The third-order valence-corrected chi connectivity index (χ3v) is 7.76. The minimum Gasteiger partial charge on any atom is -0.507 e. The fourth-order valence-electron chi connectivity index (χ4n) is 4.01. The highest BCUT2D eigenvalue weighted by Crippen LogP contribution is 2.39. The molecule has 0 spiro atoms. The Morgan fingerprint density at radius 3 is 2.58 bits per heavy atom. The van der Waals surface area contributed by atoms with E-state index in [4.69, 9.17) is 23.2 Å². The number of carbonyl (C=O) groups is 2. The number of phenolic OH excluding ortho intramolecular Hbond substituents is 1. The summed E-state index contributed by atoms with van der Waals surface area (Å²) >= 11 is 13.4. The van der Waals surface area contributed by atoms with Gasteiger partial charge in [0, 0.05) is 29.8 Å². The number of nitrogens with one attached hydrogen (secondary N) is 2. The van der Waals surface area contributed by atoms with Crippen LogP contribution in [0.15, 0.2) is 60.0 Å². The van der Waals surface area contributed by atoms with Crippen molar-refractivity contribution in [1.82, 2.24) is 15.1 Å². The van der Waals surface area contributed by atoms with E-state index in [1.807, 2.05) is 11.4 Å². The van der Waals surface area contributed by atoms with E-state index in [1.54, 1.807) is 42.5 Å². The molecule has 0 unspecified atom stereocenters. The number of phenols is 1. The molecule has 4 aromatic rings. The summed E-state index contributed by atoms with van der Waals surface area (Å²) in [6.45, 7) is 0.263. The molecular formula is C26H22Cl2N4O3S. The molecule has 0 atom stereocenters. The number of benzene rings is 2. The molecule has 1 fully saturated rings. The lowest BCUT2D eigenvalue weighted by Crippen LogP contribution is -2.31. The fourth-order valence-corrected chi connectivity index (χ4v) is 4.95. The molecule has 5 rings (SSSR count). The van der Waals surface area contributed by atoms with E-state index in [0.29, 0.717) is 31.9 Å². The van der Waals surface area contributed by atoms with Gasteiger partial charge in [-0.1, -0.05) is 41.8 Å². The highest BCUT2D eigenvalue weighted by atomic mass is 35.5. The molecule has 1 aliphatic rings. The molecule has 0 radical (unpaired) electrons. The minimum atomic E-state index is -0.367. The summed E-state index contributed by atoms with van der Waals surface area (Å²) in [5, 5.41) is 23.6. The van der Waals surface area contributed by atoms with E-state index in [1.165, 1.54) is 22.1 Å². The quantitative estimate of drug-likeness (QED) is 0.247. The summed E-state index contributed by atoms with van der Waals surface area (Å²) in [6.07, 6.45) is 3.05. The smallest absolute Gasteiger partial charge is 0.342 e. The SMILES string of the molecule is O=C(Nc1ccc(-c2cc(C3CCC3)n(C(=O)NCc3ccc(Cl)c(Cl)c3)n2)c(O)c1)c1cccs1. The zero-order valence-electron chi connectivity index (χ0n) is 19.0. The zero-order chi connectivity index (χ0) is 25.2. The van der Waals surface area contributed by atoms with Crippen molar-refractivity contribution in [2.24, 2.45) is 0 Å². The molecule has 0 bridgehead atoms. The van der Waals surface area contributed by atoms with Gasteiger partial charge < -0.3 is 15.7 Å². The summed E-state index contributed by atoms with van der Waals surface area (Å²) in [7, 11) is 0. The number of thiophene rings is 1. The number of nitrogens with zero attached hydrogens (tertiary/aromatic N) is 2. The molecule has 1 saturated carbocycles. The van der Waals surface area contributed by atoms with E-state index in [-0.39, 0.29) is 30.2 Å². The molecule has 0 aliphatic heterocycles. The number of hydrogen-bond acceptors (Lipinski definition) is 5.